The molecule has 1 atom stereocenters. The number of aliphatic hydroxyl groups is 1. The zero-order valence-corrected chi connectivity index (χ0v) is 13.8. The van der Waals surface area contributed by atoms with Crippen molar-refractivity contribution in [2.45, 2.75) is 25.8 Å². The molecule has 2 rings (SSSR count). The third kappa shape index (κ3) is 3.71. The van der Waals surface area contributed by atoms with Crippen LogP contribution < -0.4 is 9.62 Å². The minimum Gasteiger partial charge on any atom is -0.394 e. The van der Waals surface area contributed by atoms with Crippen molar-refractivity contribution in [3.63, 3.8) is 0 Å². The van der Waals surface area contributed by atoms with E-state index in [-0.39, 0.29) is 29.3 Å². The van der Waals surface area contributed by atoms with Gasteiger partial charge in [-0.15, -0.1) is 0 Å². The van der Waals surface area contributed by atoms with E-state index in [9.17, 15) is 13.2 Å². The lowest BCUT2D eigenvalue weighted by molar-refractivity contribution is 0.0922. The average molecular weight is 347 g/mol. The molecular weight excluding hydrogens is 328 g/mol. The van der Waals surface area contributed by atoms with E-state index < -0.39 is 10.0 Å². The van der Waals surface area contributed by atoms with Crippen LogP contribution in [0.15, 0.2) is 18.2 Å². The number of rotatable bonds is 4. The summed E-state index contributed by atoms with van der Waals surface area (Å²) >= 11 is 6.12. The van der Waals surface area contributed by atoms with Crippen molar-refractivity contribution in [1.29, 1.82) is 0 Å². The summed E-state index contributed by atoms with van der Waals surface area (Å²) in [5, 5.41) is 11.9. The molecule has 1 aromatic rings. The van der Waals surface area contributed by atoms with Gasteiger partial charge < -0.3 is 10.4 Å². The number of benzene rings is 1. The Morgan fingerprint density at radius 2 is 2.18 bits per heavy atom. The maximum atomic E-state index is 12.2. The van der Waals surface area contributed by atoms with Crippen molar-refractivity contribution in [2.24, 2.45) is 0 Å². The number of carbonyl (C=O) groups excluding carboxylic acids is 1. The van der Waals surface area contributed by atoms with E-state index >= 15 is 0 Å². The molecule has 1 amide bonds. The second-order valence-corrected chi connectivity index (χ2v) is 7.74. The van der Waals surface area contributed by atoms with Gasteiger partial charge in [-0.3, -0.25) is 9.10 Å². The molecule has 0 aromatic heterocycles. The molecule has 1 unspecified atom stereocenters. The third-order valence-electron chi connectivity index (χ3n) is 3.48. The fourth-order valence-electron chi connectivity index (χ4n) is 2.26. The van der Waals surface area contributed by atoms with Crippen molar-refractivity contribution >= 4 is 33.2 Å². The number of aliphatic hydroxyl groups excluding tert-OH is 1. The molecule has 1 aromatic carbocycles. The maximum Gasteiger partial charge on any atom is 0.251 e. The molecule has 0 aliphatic carbocycles. The molecule has 1 heterocycles. The molecule has 1 aliphatic rings. The Balaban J connectivity index is 2.33. The Hall–Kier alpha value is -1.31. The number of nitrogens with one attached hydrogen (secondary N) is 1. The standard InChI is InChI=1S/C14H19ClN2O4S/c1-10(9-18)16-14(19)11-4-5-12(15)13(8-11)17-6-2-3-7-22(17,20)21/h4-5,8,10,18H,2-3,6-7,9H2,1H3,(H,16,19). The van der Waals surface area contributed by atoms with Gasteiger partial charge in [0.1, 0.15) is 0 Å². The lowest BCUT2D eigenvalue weighted by atomic mass is 10.1. The fourth-order valence-corrected chi connectivity index (χ4v) is 4.17. The molecule has 2 N–H and O–H groups in total. The van der Waals surface area contributed by atoms with Crippen LogP contribution in [-0.2, 0) is 10.0 Å². The summed E-state index contributed by atoms with van der Waals surface area (Å²) in [5.41, 5.74) is 0.631. The quantitative estimate of drug-likeness (QED) is 0.862. The fraction of sp³-hybridized carbons (Fsp3) is 0.500. The first kappa shape index (κ1) is 17.1. The minimum atomic E-state index is -3.39. The maximum absolute atomic E-state index is 12.2. The van der Waals surface area contributed by atoms with Crippen LogP contribution >= 0.6 is 11.6 Å². The van der Waals surface area contributed by atoms with E-state index in [1.54, 1.807) is 6.92 Å². The molecule has 8 heteroatoms. The summed E-state index contributed by atoms with van der Waals surface area (Å²) in [6.07, 6.45) is 1.39. The lowest BCUT2D eigenvalue weighted by Gasteiger charge is -2.29. The zero-order valence-electron chi connectivity index (χ0n) is 12.3. The molecule has 0 bridgehead atoms. The van der Waals surface area contributed by atoms with E-state index in [1.807, 2.05) is 0 Å². The number of anilines is 1. The van der Waals surface area contributed by atoms with Gasteiger partial charge in [0.2, 0.25) is 10.0 Å². The highest BCUT2D eigenvalue weighted by atomic mass is 35.5. The van der Waals surface area contributed by atoms with Gasteiger partial charge in [-0.05, 0) is 38.0 Å². The Morgan fingerprint density at radius 3 is 2.82 bits per heavy atom. The molecule has 1 saturated heterocycles. The summed E-state index contributed by atoms with van der Waals surface area (Å²) in [4.78, 5) is 12.1. The van der Waals surface area contributed by atoms with Crippen LogP contribution in [0.5, 0.6) is 0 Å². The predicted octanol–water partition coefficient (Wildman–Crippen LogP) is 1.38. The molecular formula is C14H19ClN2O4S. The van der Waals surface area contributed by atoms with Crippen LogP contribution in [0.4, 0.5) is 5.69 Å². The first-order valence-corrected chi connectivity index (χ1v) is 9.05. The second-order valence-electron chi connectivity index (χ2n) is 5.32. The van der Waals surface area contributed by atoms with E-state index in [1.165, 1.54) is 22.5 Å². The van der Waals surface area contributed by atoms with E-state index in [4.69, 9.17) is 16.7 Å². The van der Waals surface area contributed by atoms with Gasteiger partial charge in [0.15, 0.2) is 0 Å². The van der Waals surface area contributed by atoms with Crippen molar-refractivity contribution in [2.75, 3.05) is 23.2 Å². The topological polar surface area (TPSA) is 86.7 Å². The van der Waals surface area contributed by atoms with Gasteiger partial charge in [-0.1, -0.05) is 11.6 Å². The van der Waals surface area contributed by atoms with Crippen molar-refractivity contribution in [3.05, 3.63) is 28.8 Å². The normalized spacial score (nSPS) is 18.8. The van der Waals surface area contributed by atoms with E-state index in [2.05, 4.69) is 5.32 Å². The summed E-state index contributed by atoms with van der Waals surface area (Å²) < 4.78 is 25.6. The highest BCUT2D eigenvalue weighted by Crippen LogP contribution is 2.31. The molecule has 22 heavy (non-hydrogen) atoms. The van der Waals surface area contributed by atoms with Crippen LogP contribution in [-0.4, -0.2) is 44.4 Å². The van der Waals surface area contributed by atoms with Crippen LogP contribution in [0, 0.1) is 0 Å². The summed E-state index contributed by atoms with van der Waals surface area (Å²) in [7, 11) is -3.39. The smallest absolute Gasteiger partial charge is 0.251 e. The molecule has 1 fully saturated rings. The number of halogens is 1. The zero-order chi connectivity index (χ0) is 16.3. The summed E-state index contributed by atoms with van der Waals surface area (Å²) in [6, 6.07) is 4.14. The number of sulfonamides is 1. The van der Waals surface area contributed by atoms with Crippen LogP contribution in [0.2, 0.25) is 5.02 Å². The second kappa shape index (κ2) is 6.85. The molecule has 1 aliphatic heterocycles. The summed E-state index contributed by atoms with van der Waals surface area (Å²) in [5.74, 6) is -0.296. The Bertz CT molecular complexity index is 663. The Labute approximate surface area is 135 Å². The first-order valence-electron chi connectivity index (χ1n) is 7.07. The van der Waals surface area contributed by atoms with Gasteiger partial charge in [0.05, 0.1) is 23.1 Å². The summed E-state index contributed by atoms with van der Waals surface area (Å²) in [6.45, 7) is 1.86. The number of nitrogens with zero attached hydrogens (tertiary/aromatic N) is 1. The van der Waals surface area contributed by atoms with Gasteiger partial charge >= 0.3 is 0 Å². The molecule has 0 radical (unpaired) electrons. The van der Waals surface area contributed by atoms with Crippen LogP contribution in [0.1, 0.15) is 30.1 Å². The SMILES string of the molecule is CC(CO)NC(=O)c1ccc(Cl)c(N2CCCCS2(=O)=O)c1. The third-order valence-corrected chi connectivity index (χ3v) is 5.65. The first-order chi connectivity index (χ1) is 10.3. The van der Waals surface area contributed by atoms with Crippen molar-refractivity contribution < 1.29 is 18.3 Å². The van der Waals surface area contributed by atoms with Crippen molar-refractivity contribution in [3.8, 4) is 0 Å². The average Bonchev–Trinajstić information content (AvgIpc) is 2.47. The Morgan fingerprint density at radius 1 is 1.45 bits per heavy atom. The highest BCUT2D eigenvalue weighted by molar-refractivity contribution is 7.92. The van der Waals surface area contributed by atoms with Crippen LogP contribution in [0.25, 0.3) is 0 Å². The Kier molecular flexibility index (Phi) is 5.31. The minimum absolute atomic E-state index is 0.0846. The van der Waals surface area contributed by atoms with E-state index in [0.29, 0.717) is 24.2 Å². The number of hydrogen-bond donors (Lipinski definition) is 2. The highest BCUT2D eigenvalue weighted by Gasteiger charge is 2.28. The number of amides is 1. The van der Waals surface area contributed by atoms with Gasteiger partial charge in [0, 0.05) is 18.2 Å². The largest absolute Gasteiger partial charge is 0.394 e. The van der Waals surface area contributed by atoms with Gasteiger partial charge in [-0.25, -0.2) is 8.42 Å². The van der Waals surface area contributed by atoms with Gasteiger partial charge in [0.25, 0.3) is 5.91 Å². The molecule has 6 nitrogen and oxygen atoms in total. The van der Waals surface area contributed by atoms with Gasteiger partial charge in [-0.2, -0.15) is 0 Å². The predicted molar refractivity (Wildman–Crippen MR) is 85.8 cm³/mol. The molecule has 122 valence electrons. The van der Waals surface area contributed by atoms with Crippen LogP contribution in [0.3, 0.4) is 0 Å². The lowest BCUT2D eigenvalue weighted by Crippen LogP contribution is -2.38. The molecule has 0 spiro atoms. The molecule has 0 saturated carbocycles. The number of carbonyl (C=O) groups is 1. The number of hydrogen-bond acceptors (Lipinski definition) is 4. The van der Waals surface area contributed by atoms with E-state index in [0.717, 1.165) is 6.42 Å². The monoisotopic (exact) mass is 346 g/mol. The van der Waals surface area contributed by atoms with Crippen molar-refractivity contribution in [1.82, 2.24) is 5.32 Å².